The molecule has 3 aromatic rings. The predicted octanol–water partition coefficient (Wildman–Crippen LogP) is 4.69. The van der Waals surface area contributed by atoms with Crippen LogP contribution in [-0.2, 0) is 0 Å². The van der Waals surface area contributed by atoms with Gasteiger partial charge in [-0.1, -0.05) is 12.1 Å². The summed E-state index contributed by atoms with van der Waals surface area (Å²) in [5, 5.41) is 4.38. The Labute approximate surface area is 160 Å². The monoisotopic (exact) mass is 387 g/mol. The first-order chi connectivity index (χ1) is 13.2. The van der Waals surface area contributed by atoms with Crippen LogP contribution in [0.15, 0.2) is 60.9 Å². The number of benzene rings is 2. The summed E-state index contributed by atoms with van der Waals surface area (Å²) < 4.78 is 30.6. The van der Waals surface area contributed by atoms with Crippen molar-refractivity contribution in [3.05, 3.63) is 60.9 Å². The van der Waals surface area contributed by atoms with Gasteiger partial charge in [-0.25, -0.2) is 4.68 Å². The van der Waals surface area contributed by atoms with Crippen LogP contribution in [0.1, 0.15) is 0 Å². The molecular weight excluding hydrogens is 368 g/mol. The maximum absolute atomic E-state index is 12.2. The van der Waals surface area contributed by atoms with Crippen molar-refractivity contribution in [3.63, 3.8) is 0 Å². The highest BCUT2D eigenvalue weighted by molar-refractivity contribution is 7.99. The SMILES string of the molecule is FC(F)Oc1ccc(-n2cc(-c3ccc(N4CCSCC4)cc3)cn2)cc1. The van der Waals surface area contributed by atoms with Gasteiger partial charge < -0.3 is 9.64 Å². The first kappa shape index (κ1) is 17.9. The molecule has 4 rings (SSSR count). The third-order valence-electron chi connectivity index (χ3n) is 4.49. The van der Waals surface area contributed by atoms with Crippen LogP contribution in [0.3, 0.4) is 0 Å². The number of nitrogens with zero attached hydrogens (tertiary/aromatic N) is 3. The molecule has 7 heteroatoms. The van der Waals surface area contributed by atoms with Gasteiger partial charge >= 0.3 is 6.61 Å². The molecule has 2 aromatic carbocycles. The van der Waals surface area contributed by atoms with Crippen LogP contribution >= 0.6 is 11.8 Å². The second-order valence-corrected chi connectivity index (χ2v) is 7.42. The standard InChI is InChI=1S/C20H19F2N3OS/c21-20(22)26-19-7-5-18(6-8-19)25-14-16(13-23-25)15-1-3-17(4-2-15)24-9-11-27-12-10-24/h1-8,13-14,20H,9-12H2. The van der Waals surface area contributed by atoms with Crippen LogP contribution in [0, 0.1) is 0 Å². The molecule has 0 spiro atoms. The van der Waals surface area contributed by atoms with E-state index in [9.17, 15) is 8.78 Å². The summed E-state index contributed by atoms with van der Waals surface area (Å²) in [7, 11) is 0. The van der Waals surface area contributed by atoms with Gasteiger partial charge in [-0.2, -0.15) is 25.6 Å². The third-order valence-corrected chi connectivity index (χ3v) is 5.43. The summed E-state index contributed by atoms with van der Waals surface area (Å²) >= 11 is 2.00. The van der Waals surface area contributed by atoms with E-state index >= 15 is 0 Å². The van der Waals surface area contributed by atoms with Crippen LogP contribution in [0.4, 0.5) is 14.5 Å². The highest BCUT2D eigenvalue weighted by Crippen LogP contribution is 2.26. The number of hydrogen-bond donors (Lipinski definition) is 0. The van der Waals surface area contributed by atoms with Crippen molar-refractivity contribution < 1.29 is 13.5 Å². The predicted molar refractivity (Wildman–Crippen MR) is 105 cm³/mol. The van der Waals surface area contributed by atoms with Gasteiger partial charge in [0, 0.05) is 42.0 Å². The van der Waals surface area contributed by atoms with Crippen LogP contribution in [-0.4, -0.2) is 41.0 Å². The summed E-state index contributed by atoms with van der Waals surface area (Å²) in [5.41, 5.74) is 4.13. The van der Waals surface area contributed by atoms with Crippen molar-refractivity contribution in [2.45, 2.75) is 6.61 Å². The maximum atomic E-state index is 12.2. The molecule has 1 fully saturated rings. The minimum Gasteiger partial charge on any atom is -0.435 e. The van der Waals surface area contributed by atoms with Gasteiger partial charge in [0.2, 0.25) is 0 Å². The van der Waals surface area contributed by atoms with Gasteiger partial charge in [-0.3, -0.25) is 0 Å². The average Bonchev–Trinajstić information content (AvgIpc) is 3.19. The van der Waals surface area contributed by atoms with Crippen LogP contribution in [0.5, 0.6) is 5.75 Å². The number of halogens is 2. The lowest BCUT2D eigenvalue weighted by Gasteiger charge is -2.28. The van der Waals surface area contributed by atoms with Gasteiger partial charge in [-0.15, -0.1) is 0 Å². The Morgan fingerprint density at radius 3 is 2.22 bits per heavy atom. The lowest BCUT2D eigenvalue weighted by Crippen LogP contribution is -2.32. The molecule has 1 saturated heterocycles. The van der Waals surface area contributed by atoms with Gasteiger partial charge in [0.25, 0.3) is 0 Å². The van der Waals surface area contributed by atoms with Crippen molar-refractivity contribution >= 4 is 17.4 Å². The molecule has 0 saturated carbocycles. The van der Waals surface area contributed by atoms with Gasteiger partial charge in [0.15, 0.2) is 0 Å². The van der Waals surface area contributed by atoms with Crippen LogP contribution < -0.4 is 9.64 Å². The fourth-order valence-electron chi connectivity index (χ4n) is 3.08. The normalized spacial score (nSPS) is 14.6. The van der Waals surface area contributed by atoms with Crippen molar-refractivity contribution in [2.75, 3.05) is 29.5 Å². The van der Waals surface area contributed by atoms with Crippen LogP contribution in [0.2, 0.25) is 0 Å². The molecule has 0 amide bonds. The van der Waals surface area contributed by atoms with Crippen LogP contribution in [0.25, 0.3) is 16.8 Å². The van der Waals surface area contributed by atoms with E-state index in [4.69, 9.17) is 0 Å². The largest absolute Gasteiger partial charge is 0.435 e. The minimum atomic E-state index is -2.82. The molecule has 4 nitrogen and oxygen atoms in total. The number of hydrogen-bond acceptors (Lipinski definition) is 4. The molecule has 27 heavy (non-hydrogen) atoms. The molecule has 0 atom stereocenters. The minimum absolute atomic E-state index is 0.132. The van der Waals surface area contributed by atoms with E-state index in [2.05, 4.69) is 39.0 Å². The molecule has 0 bridgehead atoms. The molecule has 0 N–H and O–H groups in total. The zero-order chi connectivity index (χ0) is 18.6. The summed E-state index contributed by atoms with van der Waals surface area (Å²) in [6, 6.07) is 14.9. The highest BCUT2D eigenvalue weighted by Gasteiger charge is 2.11. The molecule has 1 aromatic heterocycles. The smallest absolute Gasteiger partial charge is 0.387 e. The summed E-state index contributed by atoms with van der Waals surface area (Å²) in [4.78, 5) is 2.41. The summed E-state index contributed by atoms with van der Waals surface area (Å²) in [6.07, 6.45) is 3.73. The zero-order valence-corrected chi connectivity index (χ0v) is 15.4. The summed E-state index contributed by atoms with van der Waals surface area (Å²) in [5.74, 6) is 2.48. The highest BCUT2D eigenvalue weighted by atomic mass is 32.2. The Bertz CT molecular complexity index is 875. The first-order valence-electron chi connectivity index (χ1n) is 8.72. The summed E-state index contributed by atoms with van der Waals surface area (Å²) in [6.45, 7) is -0.640. The molecule has 0 radical (unpaired) electrons. The number of anilines is 1. The first-order valence-corrected chi connectivity index (χ1v) is 9.87. The molecule has 1 aliphatic rings. The van der Waals surface area contributed by atoms with E-state index in [1.807, 2.05) is 18.0 Å². The van der Waals surface area contributed by atoms with E-state index in [0.717, 1.165) is 29.9 Å². The molecule has 0 unspecified atom stereocenters. The van der Waals surface area contributed by atoms with Gasteiger partial charge in [-0.05, 0) is 42.0 Å². The number of aromatic nitrogens is 2. The topological polar surface area (TPSA) is 30.3 Å². The Morgan fingerprint density at radius 2 is 1.56 bits per heavy atom. The molecule has 140 valence electrons. The van der Waals surface area contributed by atoms with E-state index in [-0.39, 0.29) is 5.75 Å². The molecule has 0 aliphatic carbocycles. The maximum Gasteiger partial charge on any atom is 0.387 e. The van der Waals surface area contributed by atoms with E-state index in [0.29, 0.717) is 0 Å². The Morgan fingerprint density at radius 1 is 0.889 bits per heavy atom. The van der Waals surface area contributed by atoms with Crippen molar-refractivity contribution in [1.82, 2.24) is 9.78 Å². The van der Waals surface area contributed by atoms with Crippen molar-refractivity contribution in [2.24, 2.45) is 0 Å². The van der Waals surface area contributed by atoms with Gasteiger partial charge in [0.05, 0.1) is 11.9 Å². The average molecular weight is 387 g/mol. The quantitative estimate of drug-likeness (QED) is 0.635. The van der Waals surface area contributed by atoms with Crippen molar-refractivity contribution in [3.8, 4) is 22.6 Å². The van der Waals surface area contributed by atoms with E-state index < -0.39 is 6.61 Å². The number of ether oxygens (including phenoxy) is 1. The lowest BCUT2D eigenvalue weighted by molar-refractivity contribution is -0.0498. The van der Waals surface area contributed by atoms with E-state index in [1.54, 1.807) is 23.0 Å². The number of alkyl halides is 2. The zero-order valence-electron chi connectivity index (χ0n) is 14.6. The second-order valence-electron chi connectivity index (χ2n) is 6.19. The van der Waals surface area contributed by atoms with E-state index in [1.165, 1.54) is 29.3 Å². The van der Waals surface area contributed by atoms with Crippen molar-refractivity contribution in [1.29, 1.82) is 0 Å². The molecule has 2 heterocycles. The number of thioether (sulfide) groups is 1. The Hall–Kier alpha value is -2.54. The number of rotatable bonds is 5. The Balaban J connectivity index is 1.48. The fourth-order valence-corrected chi connectivity index (χ4v) is 3.98. The Kier molecular flexibility index (Phi) is 5.29. The third kappa shape index (κ3) is 4.24. The second kappa shape index (κ2) is 8.00. The van der Waals surface area contributed by atoms with Gasteiger partial charge in [0.1, 0.15) is 5.75 Å². The molecule has 1 aliphatic heterocycles. The molecular formula is C20H19F2N3OS. The lowest BCUT2D eigenvalue weighted by atomic mass is 10.1. The fraction of sp³-hybridized carbons (Fsp3) is 0.250.